The van der Waals surface area contributed by atoms with E-state index in [0.717, 1.165) is 24.1 Å². The van der Waals surface area contributed by atoms with E-state index in [4.69, 9.17) is 16.7 Å². The number of carbonyl (C=O) groups is 2. The van der Waals surface area contributed by atoms with Crippen molar-refractivity contribution in [3.05, 3.63) is 21.3 Å². The zero-order valence-electron chi connectivity index (χ0n) is 11.8. The normalized spacial score (nSPS) is 24.9. The van der Waals surface area contributed by atoms with Crippen molar-refractivity contribution < 1.29 is 14.7 Å². The first kappa shape index (κ1) is 14.9. The Morgan fingerprint density at radius 3 is 2.57 bits per heavy atom. The summed E-state index contributed by atoms with van der Waals surface area (Å²) in [5.41, 5.74) is -0.0297. The molecule has 1 aromatic heterocycles. The van der Waals surface area contributed by atoms with Gasteiger partial charge in [-0.3, -0.25) is 9.59 Å². The molecule has 2 fully saturated rings. The second-order valence-corrected chi connectivity index (χ2v) is 7.89. The molecule has 1 aromatic rings. The zero-order valence-corrected chi connectivity index (χ0v) is 13.4. The summed E-state index contributed by atoms with van der Waals surface area (Å²) in [5.74, 6) is -0.929. The van der Waals surface area contributed by atoms with Gasteiger partial charge in [0, 0.05) is 18.0 Å². The molecule has 4 nitrogen and oxygen atoms in total. The molecule has 114 valence electrons. The molecule has 1 spiro atoms. The monoisotopic (exact) mass is 327 g/mol. The number of likely N-dealkylation sites (tertiary alicyclic amines) is 1. The van der Waals surface area contributed by atoms with Gasteiger partial charge < -0.3 is 10.0 Å². The van der Waals surface area contributed by atoms with Gasteiger partial charge in [-0.25, -0.2) is 0 Å². The minimum absolute atomic E-state index is 0.0297. The van der Waals surface area contributed by atoms with Crippen LogP contribution in [0.2, 0.25) is 4.34 Å². The molecular weight excluding hydrogens is 310 g/mol. The maximum Gasteiger partial charge on any atom is 0.307 e. The number of carboxylic acids is 1. The van der Waals surface area contributed by atoms with Crippen LogP contribution in [0.5, 0.6) is 0 Å². The van der Waals surface area contributed by atoms with Crippen molar-refractivity contribution in [2.75, 3.05) is 13.1 Å². The Kier molecular flexibility index (Phi) is 3.74. The van der Waals surface area contributed by atoms with Crippen LogP contribution in [-0.2, 0) is 9.59 Å². The first-order valence-corrected chi connectivity index (χ1v) is 8.39. The number of hydrogen-bond acceptors (Lipinski definition) is 3. The number of carboxylic acid groups (broad SMARTS) is 1. The van der Waals surface area contributed by atoms with Crippen molar-refractivity contribution in [1.29, 1.82) is 0 Å². The Bertz CT molecular complexity index is 577. The Hall–Kier alpha value is -1.07. The molecule has 2 heterocycles. The van der Waals surface area contributed by atoms with E-state index in [1.165, 1.54) is 11.3 Å². The third-order valence-corrected chi connectivity index (χ3v) is 6.36. The van der Waals surface area contributed by atoms with Gasteiger partial charge in [0.15, 0.2) is 0 Å². The topological polar surface area (TPSA) is 57.6 Å². The van der Waals surface area contributed by atoms with Gasteiger partial charge in [-0.15, -0.1) is 11.3 Å². The van der Waals surface area contributed by atoms with E-state index in [9.17, 15) is 9.59 Å². The van der Waals surface area contributed by atoms with Crippen LogP contribution in [0.1, 0.15) is 37.0 Å². The van der Waals surface area contributed by atoms with Gasteiger partial charge in [0.2, 0.25) is 5.91 Å². The van der Waals surface area contributed by atoms with Crippen molar-refractivity contribution in [2.45, 2.75) is 32.1 Å². The predicted molar refractivity (Wildman–Crippen MR) is 81.7 cm³/mol. The summed E-state index contributed by atoms with van der Waals surface area (Å²) in [4.78, 5) is 26.4. The lowest BCUT2D eigenvalue weighted by atomic mass is 9.90. The average molecular weight is 328 g/mol. The van der Waals surface area contributed by atoms with Crippen LogP contribution in [0.3, 0.4) is 0 Å². The molecule has 1 saturated heterocycles. The van der Waals surface area contributed by atoms with Crippen molar-refractivity contribution >= 4 is 34.8 Å². The molecule has 3 rings (SSSR count). The fourth-order valence-corrected chi connectivity index (χ4v) is 4.48. The quantitative estimate of drug-likeness (QED) is 0.927. The zero-order chi connectivity index (χ0) is 15.2. The van der Waals surface area contributed by atoms with Gasteiger partial charge in [0.25, 0.3) is 0 Å². The highest BCUT2D eigenvalue weighted by molar-refractivity contribution is 7.16. The molecule has 1 N–H and O–H groups in total. The van der Waals surface area contributed by atoms with E-state index in [1.807, 2.05) is 24.0 Å². The molecule has 0 radical (unpaired) electrons. The van der Waals surface area contributed by atoms with Gasteiger partial charge in [0.1, 0.15) is 0 Å². The smallest absolute Gasteiger partial charge is 0.307 e. The number of rotatable bonds is 3. The molecule has 21 heavy (non-hydrogen) atoms. The summed E-state index contributed by atoms with van der Waals surface area (Å²) in [6, 6.07) is 3.72. The van der Waals surface area contributed by atoms with E-state index >= 15 is 0 Å². The van der Waals surface area contributed by atoms with E-state index in [-0.39, 0.29) is 23.2 Å². The maximum absolute atomic E-state index is 12.5. The second kappa shape index (κ2) is 5.29. The largest absolute Gasteiger partial charge is 0.481 e. The average Bonchev–Trinajstić information content (AvgIpc) is 2.99. The second-order valence-electron chi connectivity index (χ2n) is 6.15. The van der Waals surface area contributed by atoms with Gasteiger partial charge in [0.05, 0.1) is 16.2 Å². The third-order valence-electron chi connectivity index (χ3n) is 4.95. The Morgan fingerprint density at radius 1 is 1.43 bits per heavy atom. The summed E-state index contributed by atoms with van der Waals surface area (Å²) < 4.78 is 0.699. The fraction of sp³-hybridized carbons (Fsp3) is 0.600. The van der Waals surface area contributed by atoms with Crippen molar-refractivity contribution in [3.63, 3.8) is 0 Å². The van der Waals surface area contributed by atoms with Crippen LogP contribution in [0.15, 0.2) is 12.1 Å². The standard InChI is InChI=1S/C15H18ClNO3S/c1-9(11-2-3-12(16)21-11)13(18)17-6-4-15(5-7-17)8-10(15)14(19)20/h2-3,9-10H,4-8H2,1H3,(H,19,20). The highest BCUT2D eigenvalue weighted by Gasteiger charge is 2.59. The molecular formula is C15H18ClNO3S. The molecule has 2 atom stereocenters. The number of nitrogens with zero attached hydrogens (tertiary/aromatic N) is 1. The Labute approximate surface area is 132 Å². The molecule has 2 unspecified atom stereocenters. The number of thiophene rings is 1. The molecule has 0 aromatic carbocycles. The number of amides is 1. The van der Waals surface area contributed by atoms with E-state index in [2.05, 4.69) is 0 Å². The lowest BCUT2D eigenvalue weighted by Gasteiger charge is -2.34. The lowest BCUT2D eigenvalue weighted by molar-refractivity contribution is -0.140. The Balaban J connectivity index is 1.60. The highest BCUT2D eigenvalue weighted by Crippen LogP contribution is 2.59. The SMILES string of the molecule is CC(C(=O)N1CCC2(CC1)CC2C(=O)O)c1ccc(Cl)s1. The van der Waals surface area contributed by atoms with E-state index in [1.54, 1.807) is 0 Å². The molecule has 2 aliphatic rings. The van der Waals surface area contributed by atoms with Crippen LogP contribution in [-0.4, -0.2) is 35.0 Å². The number of hydrogen-bond donors (Lipinski definition) is 1. The number of halogens is 1. The summed E-state index contributed by atoms with van der Waals surface area (Å²) in [6.07, 6.45) is 2.40. The number of carbonyl (C=O) groups excluding carboxylic acids is 1. The minimum atomic E-state index is -0.684. The van der Waals surface area contributed by atoms with Gasteiger partial charge in [-0.1, -0.05) is 11.6 Å². The van der Waals surface area contributed by atoms with Gasteiger partial charge in [-0.05, 0) is 43.7 Å². The van der Waals surface area contributed by atoms with Gasteiger partial charge in [-0.2, -0.15) is 0 Å². The van der Waals surface area contributed by atoms with Crippen molar-refractivity contribution in [1.82, 2.24) is 4.90 Å². The van der Waals surface area contributed by atoms with Crippen molar-refractivity contribution in [2.24, 2.45) is 11.3 Å². The lowest BCUT2D eigenvalue weighted by Crippen LogP contribution is -2.41. The molecule has 1 aliphatic heterocycles. The van der Waals surface area contributed by atoms with Crippen LogP contribution in [0, 0.1) is 11.3 Å². The predicted octanol–water partition coefficient (Wildman–Crippen LogP) is 3.22. The number of piperidine rings is 1. The van der Waals surface area contributed by atoms with Crippen LogP contribution in [0.25, 0.3) is 0 Å². The van der Waals surface area contributed by atoms with Crippen LogP contribution >= 0.6 is 22.9 Å². The fourth-order valence-electron chi connectivity index (χ4n) is 3.38. The van der Waals surface area contributed by atoms with Gasteiger partial charge >= 0.3 is 5.97 Å². The first-order chi connectivity index (χ1) is 9.93. The summed E-state index contributed by atoms with van der Waals surface area (Å²) in [5, 5.41) is 9.09. The summed E-state index contributed by atoms with van der Waals surface area (Å²) in [7, 11) is 0. The third kappa shape index (κ3) is 2.69. The Morgan fingerprint density at radius 2 is 2.10 bits per heavy atom. The first-order valence-electron chi connectivity index (χ1n) is 7.20. The van der Waals surface area contributed by atoms with Crippen LogP contribution < -0.4 is 0 Å². The number of aliphatic carboxylic acids is 1. The molecule has 1 saturated carbocycles. The molecule has 1 aliphatic carbocycles. The minimum Gasteiger partial charge on any atom is -0.481 e. The van der Waals surface area contributed by atoms with E-state index in [0.29, 0.717) is 17.4 Å². The molecule has 6 heteroatoms. The van der Waals surface area contributed by atoms with Crippen molar-refractivity contribution in [3.8, 4) is 0 Å². The summed E-state index contributed by atoms with van der Waals surface area (Å²) in [6.45, 7) is 3.25. The van der Waals surface area contributed by atoms with E-state index < -0.39 is 5.97 Å². The molecule has 1 amide bonds. The summed E-state index contributed by atoms with van der Waals surface area (Å²) >= 11 is 7.37. The molecule has 0 bridgehead atoms. The van der Waals surface area contributed by atoms with Crippen LogP contribution in [0.4, 0.5) is 0 Å². The maximum atomic E-state index is 12.5. The highest BCUT2D eigenvalue weighted by atomic mass is 35.5.